The maximum Gasteiger partial charge on any atom is 0.407 e. The molecule has 32 heavy (non-hydrogen) atoms. The molecule has 1 aliphatic carbocycles. The van der Waals surface area contributed by atoms with E-state index in [1.165, 1.54) is 6.20 Å². The summed E-state index contributed by atoms with van der Waals surface area (Å²) in [7, 11) is 1.62. The number of hydrogen-bond acceptors (Lipinski definition) is 7. The van der Waals surface area contributed by atoms with E-state index in [-0.39, 0.29) is 18.0 Å². The molecule has 2 heterocycles. The Hall–Kier alpha value is -2.81. The number of nitrogens with one attached hydrogen (secondary N) is 3. The van der Waals surface area contributed by atoms with Gasteiger partial charge in [-0.1, -0.05) is 24.4 Å². The zero-order valence-electron chi connectivity index (χ0n) is 18.9. The van der Waals surface area contributed by atoms with Gasteiger partial charge in [0.15, 0.2) is 0 Å². The molecule has 2 aliphatic rings. The molecule has 0 saturated heterocycles. The van der Waals surface area contributed by atoms with Crippen molar-refractivity contribution in [3.8, 4) is 0 Å². The van der Waals surface area contributed by atoms with Crippen molar-refractivity contribution < 1.29 is 14.3 Å². The predicted octanol–water partition coefficient (Wildman–Crippen LogP) is 3.23. The highest BCUT2D eigenvalue weighted by molar-refractivity contribution is 6.35. The standard InChI is InChI=1S/C22H31ClN6O3/c1-22(2,3)32-21(31)28-15-8-6-5-7-14(15)27-19-17(23)13-11-26-20(30)16(13)18(29-19)12(9-24)10-25-4/h9-10,14-15H,5-8,11,24H2,1-4H3,(H,26,30)(H,27,29)(H,28,31). The lowest BCUT2D eigenvalue weighted by Gasteiger charge is -2.34. The number of anilines is 1. The SMILES string of the molecule is CN=CC(=CN)c1nc(NC2CCCCC2NC(=O)OC(C)(C)C)c(Cl)c2c1C(=O)NC2. The average Bonchev–Trinajstić information content (AvgIpc) is 3.10. The molecule has 2 atom stereocenters. The molecule has 0 spiro atoms. The molecule has 1 aromatic heterocycles. The fourth-order valence-electron chi connectivity index (χ4n) is 4.02. The summed E-state index contributed by atoms with van der Waals surface area (Å²) in [6.07, 6.45) is 6.12. The Morgan fingerprint density at radius 1 is 1.31 bits per heavy atom. The number of carbonyl (C=O) groups is 2. The van der Waals surface area contributed by atoms with Crippen molar-refractivity contribution in [2.75, 3.05) is 12.4 Å². The molecule has 1 saturated carbocycles. The summed E-state index contributed by atoms with van der Waals surface area (Å²) in [4.78, 5) is 33.5. The fourth-order valence-corrected chi connectivity index (χ4v) is 4.28. The normalized spacial score (nSPS) is 21.3. The Labute approximate surface area is 193 Å². The van der Waals surface area contributed by atoms with Crippen molar-refractivity contribution in [1.29, 1.82) is 0 Å². The number of rotatable bonds is 5. The third-order valence-corrected chi connectivity index (χ3v) is 5.81. The second-order valence-electron chi connectivity index (χ2n) is 8.96. The van der Waals surface area contributed by atoms with Crippen molar-refractivity contribution in [1.82, 2.24) is 15.6 Å². The van der Waals surface area contributed by atoms with E-state index in [9.17, 15) is 9.59 Å². The van der Waals surface area contributed by atoms with Crippen molar-refractivity contribution in [3.63, 3.8) is 0 Å². The molecule has 3 rings (SSSR count). The first-order valence-electron chi connectivity index (χ1n) is 10.8. The van der Waals surface area contributed by atoms with E-state index in [0.717, 1.165) is 25.7 Å². The van der Waals surface area contributed by atoms with E-state index in [0.29, 0.717) is 39.8 Å². The van der Waals surface area contributed by atoms with Crippen LogP contribution < -0.4 is 21.7 Å². The molecule has 1 aliphatic heterocycles. The second-order valence-corrected chi connectivity index (χ2v) is 9.33. The lowest BCUT2D eigenvalue weighted by atomic mass is 9.90. The van der Waals surface area contributed by atoms with E-state index >= 15 is 0 Å². The topological polar surface area (TPSA) is 131 Å². The molecule has 5 N–H and O–H groups in total. The highest BCUT2D eigenvalue weighted by atomic mass is 35.5. The lowest BCUT2D eigenvalue weighted by molar-refractivity contribution is 0.0488. The number of ether oxygens (including phenoxy) is 1. The summed E-state index contributed by atoms with van der Waals surface area (Å²) < 4.78 is 5.43. The number of nitrogens with zero attached hydrogens (tertiary/aromatic N) is 2. The Morgan fingerprint density at radius 3 is 2.62 bits per heavy atom. The van der Waals surface area contributed by atoms with Gasteiger partial charge in [-0.15, -0.1) is 0 Å². The number of pyridine rings is 1. The zero-order chi connectivity index (χ0) is 23.5. The first kappa shape index (κ1) is 23.8. The second kappa shape index (κ2) is 9.77. The van der Waals surface area contributed by atoms with Crippen LogP contribution >= 0.6 is 11.6 Å². The monoisotopic (exact) mass is 462 g/mol. The van der Waals surface area contributed by atoms with Gasteiger partial charge in [-0.05, 0) is 33.6 Å². The van der Waals surface area contributed by atoms with E-state index in [2.05, 4.69) is 25.9 Å². The van der Waals surface area contributed by atoms with Crippen LogP contribution in [0.2, 0.25) is 5.02 Å². The Kier molecular flexibility index (Phi) is 7.28. The number of carbonyl (C=O) groups excluding carboxylic acids is 2. The molecule has 9 nitrogen and oxygen atoms in total. The van der Waals surface area contributed by atoms with Crippen LogP contribution in [0.4, 0.5) is 10.6 Å². The van der Waals surface area contributed by atoms with Gasteiger partial charge in [0.25, 0.3) is 5.91 Å². The lowest BCUT2D eigenvalue weighted by Crippen LogP contribution is -2.50. The summed E-state index contributed by atoms with van der Waals surface area (Å²) >= 11 is 6.66. The minimum Gasteiger partial charge on any atom is -0.444 e. The van der Waals surface area contributed by atoms with Gasteiger partial charge < -0.3 is 26.4 Å². The van der Waals surface area contributed by atoms with E-state index < -0.39 is 11.7 Å². The summed E-state index contributed by atoms with van der Waals surface area (Å²) in [5.41, 5.74) is 7.23. The number of fused-ring (bicyclic) bond motifs is 1. The molecular weight excluding hydrogens is 432 g/mol. The first-order chi connectivity index (χ1) is 15.1. The molecule has 174 valence electrons. The molecule has 2 unspecified atom stereocenters. The van der Waals surface area contributed by atoms with Gasteiger partial charge in [0.2, 0.25) is 0 Å². The van der Waals surface area contributed by atoms with Crippen LogP contribution in [0, 0.1) is 0 Å². The number of halogens is 1. The highest BCUT2D eigenvalue weighted by Crippen LogP contribution is 2.35. The molecule has 0 bridgehead atoms. The molecule has 0 radical (unpaired) electrons. The third kappa shape index (κ3) is 5.32. The largest absolute Gasteiger partial charge is 0.444 e. The number of nitrogens with two attached hydrogens (primary N) is 1. The van der Waals surface area contributed by atoms with Gasteiger partial charge in [0.05, 0.1) is 22.3 Å². The number of aliphatic imine (C=N–C) groups is 1. The number of aromatic nitrogens is 1. The Bertz CT molecular complexity index is 954. The zero-order valence-corrected chi connectivity index (χ0v) is 19.7. The number of hydrogen-bond donors (Lipinski definition) is 4. The summed E-state index contributed by atoms with van der Waals surface area (Å²) in [6, 6.07) is -0.239. The van der Waals surface area contributed by atoms with Crippen LogP contribution in [0.1, 0.15) is 68.1 Å². The first-order valence-corrected chi connectivity index (χ1v) is 11.1. The van der Waals surface area contributed by atoms with Crippen LogP contribution in [0.3, 0.4) is 0 Å². The van der Waals surface area contributed by atoms with Gasteiger partial charge in [0.1, 0.15) is 11.4 Å². The predicted molar refractivity (Wildman–Crippen MR) is 126 cm³/mol. The van der Waals surface area contributed by atoms with Gasteiger partial charge >= 0.3 is 6.09 Å². The van der Waals surface area contributed by atoms with Crippen LogP contribution in [0.5, 0.6) is 0 Å². The molecular formula is C22H31ClN6O3. The maximum atomic E-state index is 12.4. The smallest absolute Gasteiger partial charge is 0.407 e. The molecule has 0 aromatic carbocycles. The van der Waals surface area contributed by atoms with E-state index in [1.54, 1.807) is 13.3 Å². The molecule has 1 aromatic rings. The van der Waals surface area contributed by atoms with Gasteiger partial charge in [-0.3, -0.25) is 9.79 Å². The fraction of sp³-hybridized carbons (Fsp3) is 0.545. The molecule has 2 amide bonds. The van der Waals surface area contributed by atoms with Crippen molar-refractivity contribution in [2.45, 2.75) is 70.7 Å². The van der Waals surface area contributed by atoms with Gasteiger partial charge in [0, 0.05) is 43.2 Å². The molecule has 1 fully saturated rings. The van der Waals surface area contributed by atoms with Crippen molar-refractivity contribution in [2.24, 2.45) is 10.7 Å². The van der Waals surface area contributed by atoms with Crippen molar-refractivity contribution in [3.05, 3.63) is 28.0 Å². The summed E-state index contributed by atoms with van der Waals surface area (Å²) in [5, 5.41) is 9.57. The highest BCUT2D eigenvalue weighted by Gasteiger charge is 2.33. The Morgan fingerprint density at radius 2 is 2.00 bits per heavy atom. The Balaban J connectivity index is 1.92. The van der Waals surface area contributed by atoms with Crippen molar-refractivity contribution >= 4 is 41.2 Å². The van der Waals surface area contributed by atoms with E-state index in [1.807, 2.05) is 20.8 Å². The average molecular weight is 463 g/mol. The number of alkyl carbamates (subject to hydrolysis) is 1. The van der Waals surface area contributed by atoms with Crippen LogP contribution in [0.25, 0.3) is 5.57 Å². The van der Waals surface area contributed by atoms with Crippen LogP contribution in [-0.2, 0) is 11.3 Å². The van der Waals surface area contributed by atoms with Gasteiger partial charge in [-0.2, -0.15) is 0 Å². The minimum absolute atomic E-state index is 0.0950. The summed E-state index contributed by atoms with van der Waals surface area (Å²) in [6.45, 7) is 5.80. The third-order valence-electron chi connectivity index (χ3n) is 5.40. The maximum absolute atomic E-state index is 12.4. The van der Waals surface area contributed by atoms with Gasteiger partial charge in [-0.25, -0.2) is 9.78 Å². The number of amides is 2. The van der Waals surface area contributed by atoms with Crippen LogP contribution in [-0.4, -0.2) is 47.9 Å². The van der Waals surface area contributed by atoms with Crippen LogP contribution in [0.15, 0.2) is 11.2 Å². The van der Waals surface area contributed by atoms with E-state index in [4.69, 9.17) is 22.1 Å². The number of allylic oxidation sites excluding steroid dienone is 1. The quantitative estimate of drug-likeness (QED) is 0.497. The minimum atomic E-state index is -0.577. The summed E-state index contributed by atoms with van der Waals surface area (Å²) in [5.74, 6) is 0.200. The molecule has 10 heteroatoms.